The van der Waals surface area contributed by atoms with Crippen molar-refractivity contribution in [2.75, 3.05) is 17.5 Å². The summed E-state index contributed by atoms with van der Waals surface area (Å²) in [6.45, 7) is 6.87. The standard InChI is InChI=1S/C36H38Cl3N3O5S/c1-5-47-33-14-10-9-13-31(33)42(48(45,46)28-18-16-27(37)17-19-28)24-34(43)41(23-26-15-20-29(38)30(39)21-26)32(35(44)40-36(2,3)4)22-25-11-7-6-8-12-25/h6-21,32H,5,22-24H2,1-4H3,(H,40,44). The number of hydrogen-bond acceptors (Lipinski definition) is 5. The van der Waals surface area contributed by atoms with E-state index in [1.165, 1.54) is 29.2 Å². The fourth-order valence-corrected chi connectivity index (χ4v) is 6.90. The molecule has 1 N–H and O–H groups in total. The number of benzene rings is 4. The highest BCUT2D eigenvalue weighted by Crippen LogP contribution is 2.33. The topological polar surface area (TPSA) is 96.0 Å². The lowest BCUT2D eigenvalue weighted by Gasteiger charge is -2.35. The molecule has 1 atom stereocenters. The van der Waals surface area contributed by atoms with Crippen LogP contribution in [-0.2, 0) is 32.6 Å². The first-order chi connectivity index (χ1) is 22.7. The Labute approximate surface area is 297 Å². The number of carbonyl (C=O) groups is 2. The second-order valence-corrected chi connectivity index (χ2v) is 15.2. The first-order valence-corrected chi connectivity index (χ1v) is 17.9. The zero-order chi connectivity index (χ0) is 35.1. The molecule has 254 valence electrons. The Balaban J connectivity index is 1.87. The average molecular weight is 731 g/mol. The summed E-state index contributed by atoms with van der Waals surface area (Å²) < 4.78 is 35.5. The van der Waals surface area contributed by atoms with Gasteiger partial charge in [-0.25, -0.2) is 8.42 Å². The van der Waals surface area contributed by atoms with Crippen molar-refractivity contribution in [2.45, 2.75) is 57.1 Å². The predicted octanol–water partition coefficient (Wildman–Crippen LogP) is 7.80. The molecular formula is C36H38Cl3N3O5S. The Morgan fingerprint density at radius 3 is 2.10 bits per heavy atom. The highest BCUT2D eigenvalue weighted by molar-refractivity contribution is 7.92. The third kappa shape index (κ3) is 9.66. The van der Waals surface area contributed by atoms with Crippen molar-refractivity contribution < 1.29 is 22.7 Å². The number of halogens is 3. The molecule has 0 fully saturated rings. The van der Waals surface area contributed by atoms with Gasteiger partial charge in [-0.3, -0.25) is 13.9 Å². The van der Waals surface area contributed by atoms with Crippen molar-refractivity contribution in [1.82, 2.24) is 10.2 Å². The Hall–Kier alpha value is -3.76. The summed E-state index contributed by atoms with van der Waals surface area (Å²) in [5.41, 5.74) is 0.952. The van der Waals surface area contributed by atoms with Crippen LogP contribution in [0.3, 0.4) is 0 Å². The molecule has 0 aromatic heterocycles. The molecule has 0 aliphatic heterocycles. The quantitative estimate of drug-likeness (QED) is 0.152. The molecule has 0 saturated heterocycles. The van der Waals surface area contributed by atoms with E-state index in [0.29, 0.717) is 15.6 Å². The van der Waals surface area contributed by atoms with E-state index in [1.54, 1.807) is 49.4 Å². The van der Waals surface area contributed by atoms with E-state index in [2.05, 4.69) is 5.32 Å². The molecule has 4 rings (SSSR count). The number of rotatable bonds is 13. The van der Waals surface area contributed by atoms with E-state index < -0.39 is 40.0 Å². The minimum Gasteiger partial charge on any atom is -0.492 e. The summed E-state index contributed by atoms with van der Waals surface area (Å²) in [5, 5.41) is 3.97. The SMILES string of the molecule is CCOc1ccccc1N(CC(=O)N(Cc1ccc(Cl)c(Cl)c1)C(Cc1ccccc1)C(=O)NC(C)(C)C)S(=O)(=O)c1ccc(Cl)cc1. The minimum absolute atomic E-state index is 0.0628. The monoisotopic (exact) mass is 729 g/mol. The largest absolute Gasteiger partial charge is 0.492 e. The van der Waals surface area contributed by atoms with Crippen LogP contribution in [0.2, 0.25) is 15.1 Å². The molecule has 0 aliphatic carbocycles. The molecule has 0 bridgehead atoms. The highest BCUT2D eigenvalue weighted by atomic mass is 35.5. The molecule has 1 unspecified atom stereocenters. The lowest BCUT2D eigenvalue weighted by molar-refractivity contribution is -0.140. The van der Waals surface area contributed by atoms with Gasteiger partial charge in [-0.15, -0.1) is 0 Å². The summed E-state index contributed by atoms with van der Waals surface area (Å²) in [5.74, 6) is -0.760. The van der Waals surface area contributed by atoms with E-state index >= 15 is 0 Å². The van der Waals surface area contributed by atoms with E-state index in [4.69, 9.17) is 39.5 Å². The number of sulfonamides is 1. The van der Waals surface area contributed by atoms with Crippen LogP contribution in [0.15, 0.2) is 102 Å². The first kappa shape index (κ1) is 37.1. The molecule has 0 saturated carbocycles. The van der Waals surface area contributed by atoms with Crippen LogP contribution < -0.4 is 14.4 Å². The van der Waals surface area contributed by atoms with Gasteiger partial charge >= 0.3 is 0 Å². The molecule has 2 amide bonds. The molecule has 4 aromatic carbocycles. The van der Waals surface area contributed by atoms with Gasteiger partial charge in [-0.2, -0.15) is 0 Å². The van der Waals surface area contributed by atoms with Crippen molar-refractivity contribution in [3.05, 3.63) is 123 Å². The Morgan fingerprint density at radius 2 is 1.48 bits per heavy atom. The van der Waals surface area contributed by atoms with Gasteiger partial charge in [-0.1, -0.05) is 83.3 Å². The van der Waals surface area contributed by atoms with Gasteiger partial charge < -0.3 is 15.0 Å². The van der Waals surface area contributed by atoms with Crippen LogP contribution in [0.5, 0.6) is 5.75 Å². The number of hydrogen-bond donors (Lipinski definition) is 1. The van der Waals surface area contributed by atoms with Gasteiger partial charge in [-0.05, 0) is 87.4 Å². The number of amides is 2. The molecule has 0 aliphatic rings. The van der Waals surface area contributed by atoms with Gasteiger partial charge in [0.25, 0.3) is 10.0 Å². The molecule has 12 heteroatoms. The second kappa shape index (κ2) is 16.1. The number of ether oxygens (including phenoxy) is 1. The Bertz CT molecular complexity index is 1830. The maximum Gasteiger partial charge on any atom is 0.264 e. The van der Waals surface area contributed by atoms with Crippen molar-refractivity contribution in [3.8, 4) is 5.75 Å². The van der Waals surface area contributed by atoms with Gasteiger partial charge in [0.1, 0.15) is 18.3 Å². The number of nitrogens with one attached hydrogen (secondary N) is 1. The maximum absolute atomic E-state index is 14.7. The highest BCUT2D eigenvalue weighted by Gasteiger charge is 2.36. The third-order valence-corrected chi connectivity index (χ3v) is 9.99. The predicted molar refractivity (Wildman–Crippen MR) is 192 cm³/mol. The van der Waals surface area contributed by atoms with Crippen LogP contribution >= 0.6 is 34.8 Å². The van der Waals surface area contributed by atoms with Gasteiger partial charge in [0.05, 0.1) is 27.2 Å². The van der Waals surface area contributed by atoms with E-state index in [-0.39, 0.29) is 40.9 Å². The molecule has 0 heterocycles. The summed E-state index contributed by atoms with van der Waals surface area (Å²) in [6.07, 6.45) is 0.162. The number of para-hydroxylation sites is 2. The molecule has 0 spiro atoms. The van der Waals surface area contributed by atoms with Crippen LogP contribution in [0.1, 0.15) is 38.8 Å². The molecule has 8 nitrogen and oxygen atoms in total. The zero-order valence-corrected chi connectivity index (χ0v) is 30.2. The first-order valence-electron chi connectivity index (χ1n) is 15.3. The molecule has 48 heavy (non-hydrogen) atoms. The lowest BCUT2D eigenvalue weighted by Crippen LogP contribution is -2.56. The van der Waals surface area contributed by atoms with Crippen LogP contribution in [0.4, 0.5) is 5.69 Å². The van der Waals surface area contributed by atoms with Crippen LogP contribution in [-0.4, -0.2) is 49.9 Å². The van der Waals surface area contributed by atoms with Gasteiger partial charge in [0.15, 0.2) is 0 Å². The number of nitrogens with zero attached hydrogens (tertiary/aromatic N) is 2. The summed E-state index contributed by atoms with van der Waals surface area (Å²) in [6, 6.07) is 25.5. The minimum atomic E-state index is -4.35. The van der Waals surface area contributed by atoms with Crippen molar-refractivity contribution >= 4 is 62.3 Å². The Kier molecular flexibility index (Phi) is 12.4. The van der Waals surface area contributed by atoms with E-state index in [0.717, 1.165) is 9.87 Å². The Morgan fingerprint density at radius 1 is 0.833 bits per heavy atom. The average Bonchev–Trinajstić information content (AvgIpc) is 3.03. The maximum atomic E-state index is 14.7. The van der Waals surface area contributed by atoms with E-state index in [1.807, 2.05) is 51.1 Å². The van der Waals surface area contributed by atoms with Crippen molar-refractivity contribution in [3.63, 3.8) is 0 Å². The lowest BCUT2D eigenvalue weighted by atomic mass is 10.0. The van der Waals surface area contributed by atoms with Crippen LogP contribution in [0, 0.1) is 0 Å². The second-order valence-electron chi connectivity index (χ2n) is 12.1. The smallest absolute Gasteiger partial charge is 0.264 e. The number of anilines is 1. The normalized spacial score (nSPS) is 12.2. The molecule has 0 radical (unpaired) electrons. The molecular weight excluding hydrogens is 693 g/mol. The van der Waals surface area contributed by atoms with Gasteiger partial charge in [0.2, 0.25) is 11.8 Å². The summed E-state index contributed by atoms with van der Waals surface area (Å²) in [4.78, 5) is 30.1. The number of carbonyl (C=O) groups excluding carboxylic acids is 2. The van der Waals surface area contributed by atoms with E-state index in [9.17, 15) is 18.0 Å². The van der Waals surface area contributed by atoms with Gasteiger partial charge in [0, 0.05) is 23.5 Å². The van der Waals surface area contributed by atoms with Crippen molar-refractivity contribution in [2.24, 2.45) is 0 Å². The van der Waals surface area contributed by atoms with Crippen LogP contribution in [0.25, 0.3) is 0 Å². The zero-order valence-electron chi connectivity index (χ0n) is 27.1. The summed E-state index contributed by atoms with van der Waals surface area (Å²) in [7, 11) is -4.35. The third-order valence-electron chi connectivity index (χ3n) is 7.22. The van der Waals surface area contributed by atoms with Crippen molar-refractivity contribution in [1.29, 1.82) is 0 Å². The molecule has 4 aromatic rings. The fourth-order valence-electron chi connectivity index (χ4n) is 5.03. The summed E-state index contributed by atoms with van der Waals surface area (Å²) >= 11 is 18.6. The fraction of sp³-hybridized carbons (Fsp3) is 0.278.